The SMILES string of the molecule is CN(C1CCS(=O)(=O)C1)S(=O)(=O)c1cn[nH]c1. The van der Waals surface area contributed by atoms with Gasteiger partial charge in [0.05, 0.1) is 17.7 Å². The van der Waals surface area contributed by atoms with Crippen LogP contribution in [0.4, 0.5) is 0 Å². The van der Waals surface area contributed by atoms with E-state index in [1.165, 1.54) is 19.4 Å². The van der Waals surface area contributed by atoms with E-state index in [1.807, 2.05) is 0 Å². The van der Waals surface area contributed by atoms with Crippen molar-refractivity contribution in [2.75, 3.05) is 18.6 Å². The first kappa shape index (κ1) is 12.5. The fourth-order valence-corrected chi connectivity index (χ4v) is 4.97. The highest BCUT2D eigenvalue weighted by Gasteiger charge is 2.36. The van der Waals surface area contributed by atoms with Gasteiger partial charge in [-0.2, -0.15) is 9.40 Å². The maximum absolute atomic E-state index is 12.1. The predicted octanol–water partition coefficient (Wildman–Crippen LogP) is -0.783. The van der Waals surface area contributed by atoms with Crippen LogP contribution in [0.15, 0.2) is 17.3 Å². The molecule has 0 saturated carbocycles. The Bertz CT molecular complexity index is 591. The van der Waals surface area contributed by atoms with Crippen LogP contribution in [-0.2, 0) is 19.9 Å². The van der Waals surface area contributed by atoms with E-state index in [0.29, 0.717) is 6.42 Å². The molecule has 1 saturated heterocycles. The summed E-state index contributed by atoms with van der Waals surface area (Å²) in [5.74, 6) is -0.0660. The van der Waals surface area contributed by atoms with Crippen LogP contribution in [0.1, 0.15) is 6.42 Å². The molecule has 0 spiro atoms. The summed E-state index contributed by atoms with van der Waals surface area (Å²) in [5.41, 5.74) is 0. The van der Waals surface area contributed by atoms with Crippen molar-refractivity contribution in [2.24, 2.45) is 0 Å². The Hall–Kier alpha value is -0.930. The molecule has 0 radical (unpaired) electrons. The van der Waals surface area contributed by atoms with Gasteiger partial charge in [-0.25, -0.2) is 16.8 Å². The highest BCUT2D eigenvalue weighted by Crippen LogP contribution is 2.22. The molecule has 1 aromatic heterocycles. The van der Waals surface area contributed by atoms with Crippen LogP contribution >= 0.6 is 0 Å². The molecular weight excluding hydrogens is 266 g/mol. The van der Waals surface area contributed by atoms with Gasteiger partial charge in [-0.1, -0.05) is 0 Å². The maximum atomic E-state index is 12.1. The smallest absolute Gasteiger partial charge is 0.246 e. The summed E-state index contributed by atoms with van der Waals surface area (Å²) in [6, 6.07) is -0.486. The first-order valence-corrected chi connectivity index (χ1v) is 8.26. The number of aromatic nitrogens is 2. The maximum Gasteiger partial charge on any atom is 0.246 e. The molecule has 2 rings (SSSR count). The lowest BCUT2D eigenvalue weighted by molar-refractivity contribution is 0.394. The molecule has 0 amide bonds. The Morgan fingerprint density at radius 1 is 1.53 bits per heavy atom. The molecule has 9 heteroatoms. The molecule has 7 nitrogen and oxygen atoms in total. The van der Waals surface area contributed by atoms with E-state index in [-0.39, 0.29) is 16.4 Å². The Morgan fingerprint density at radius 2 is 2.24 bits per heavy atom. The van der Waals surface area contributed by atoms with Crippen molar-refractivity contribution < 1.29 is 16.8 Å². The number of sulfone groups is 1. The second kappa shape index (κ2) is 4.07. The molecule has 1 aliphatic rings. The molecule has 0 aromatic carbocycles. The number of rotatable bonds is 3. The largest absolute Gasteiger partial charge is 0.284 e. The van der Waals surface area contributed by atoms with Gasteiger partial charge in [0, 0.05) is 19.3 Å². The Kier molecular flexibility index (Phi) is 3.00. The Balaban J connectivity index is 2.25. The summed E-state index contributed by atoms with van der Waals surface area (Å²) < 4.78 is 47.9. The topological polar surface area (TPSA) is 100 Å². The molecule has 0 aliphatic carbocycles. The van der Waals surface area contributed by atoms with Crippen molar-refractivity contribution in [3.05, 3.63) is 12.4 Å². The van der Waals surface area contributed by atoms with Crippen molar-refractivity contribution in [3.8, 4) is 0 Å². The zero-order valence-electron chi connectivity index (χ0n) is 9.20. The van der Waals surface area contributed by atoms with Crippen LogP contribution in [0.2, 0.25) is 0 Å². The highest BCUT2D eigenvalue weighted by molar-refractivity contribution is 7.92. The number of hydrogen-bond donors (Lipinski definition) is 1. The van der Waals surface area contributed by atoms with Crippen molar-refractivity contribution in [3.63, 3.8) is 0 Å². The quantitative estimate of drug-likeness (QED) is 0.782. The van der Waals surface area contributed by atoms with Crippen LogP contribution in [0, 0.1) is 0 Å². The molecule has 1 N–H and O–H groups in total. The normalized spacial score (nSPS) is 24.2. The van der Waals surface area contributed by atoms with Crippen molar-refractivity contribution in [1.82, 2.24) is 14.5 Å². The highest BCUT2D eigenvalue weighted by atomic mass is 32.2. The van der Waals surface area contributed by atoms with Crippen LogP contribution in [0.3, 0.4) is 0 Å². The molecule has 1 fully saturated rings. The molecule has 1 atom stereocenters. The number of nitrogens with one attached hydrogen (secondary N) is 1. The molecule has 1 aromatic rings. The predicted molar refractivity (Wildman–Crippen MR) is 60.6 cm³/mol. The third-order valence-corrected chi connectivity index (χ3v) is 6.50. The molecular formula is C8H13N3O4S2. The van der Waals surface area contributed by atoms with Crippen LogP contribution in [0.5, 0.6) is 0 Å². The van der Waals surface area contributed by atoms with E-state index in [0.717, 1.165) is 4.31 Å². The number of nitrogens with zero attached hydrogens (tertiary/aromatic N) is 2. The lowest BCUT2D eigenvalue weighted by Crippen LogP contribution is -2.37. The molecule has 2 heterocycles. The van der Waals surface area contributed by atoms with E-state index >= 15 is 0 Å². The number of sulfonamides is 1. The first-order valence-electron chi connectivity index (χ1n) is 5.00. The Morgan fingerprint density at radius 3 is 2.71 bits per heavy atom. The van der Waals surface area contributed by atoms with Crippen molar-refractivity contribution in [2.45, 2.75) is 17.4 Å². The second-order valence-electron chi connectivity index (χ2n) is 4.01. The zero-order chi connectivity index (χ0) is 12.7. The van der Waals surface area contributed by atoms with Crippen molar-refractivity contribution >= 4 is 19.9 Å². The van der Waals surface area contributed by atoms with E-state index in [1.54, 1.807) is 0 Å². The van der Waals surface area contributed by atoms with Gasteiger partial charge in [-0.15, -0.1) is 0 Å². The van der Waals surface area contributed by atoms with Gasteiger partial charge >= 0.3 is 0 Å². The fourth-order valence-electron chi connectivity index (χ4n) is 1.80. The van der Waals surface area contributed by atoms with Gasteiger partial charge in [0.2, 0.25) is 10.0 Å². The van der Waals surface area contributed by atoms with Gasteiger partial charge < -0.3 is 0 Å². The molecule has 1 aliphatic heterocycles. The van der Waals surface area contributed by atoms with E-state index < -0.39 is 25.9 Å². The first-order chi connectivity index (χ1) is 7.83. The van der Waals surface area contributed by atoms with Crippen LogP contribution in [0.25, 0.3) is 0 Å². The lowest BCUT2D eigenvalue weighted by Gasteiger charge is -2.21. The summed E-state index contributed by atoms with van der Waals surface area (Å²) in [7, 11) is -5.36. The fraction of sp³-hybridized carbons (Fsp3) is 0.625. The van der Waals surface area contributed by atoms with E-state index in [2.05, 4.69) is 10.2 Å². The molecule has 17 heavy (non-hydrogen) atoms. The minimum atomic E-state index is -3.65. The summed E-state index contributed by atoms with van der Waals surface area (Å²) >= 11 is 0. The van der Waals surface area contributed by atoms with E-state index in [4.69, 9.17) is 0 Å². The monoisotopic (exact) mass is 279 g/mol. The third-order valence-electron chi connectivity index (χ3n) is 2.87. The molecule has 96 valence electrons. The Labute approximate surface area is 99.8 Å². The number of aromatic amines is 1. The summed E-state index contributed by atoms with van der Waals surface area (Å²) in [6.45, 7) is 0. The van der Waals surface area contributed by atoms with Gasteiger partial charge in [0.25, 0.3) is 0 Å². The molecule has 0 bridgehead atoms. The van der Waals surface area contributed by atoms with Gasteiger partial charge in [0.1, 0.15) is 4.90 Å². The standard InChI is InChI=1S/C8H13N3O4S2/c1-11(7-2-3-16(12,13)6-7)17(14,15)8-4-9-10-5-8/h4-5,7H,2-3,6H2,1H3,(H,9,10). The lowest BCUT2D eigenvalue weighted by atomic mass is 10.3. The summed E-state index contributed by atoms with van der Waals surface area (Å²) in [4.78, 5) is 0.0456. The second-order valence-corrected chi connectivity index (χ2v) is 8.24. The van der Waals surface area contributed by atoms with Crippen LogP contribution < -0.4 is 0 Å². The zero-order valence-corrected chi connectivity index (χ0v) is 10.8. The number of H-pyrrole nitrogens is 1. The van der Waals surface area contributed by atoms with Crippen molar-refractivity contribution in [1.29, 1.82) is 0 Å². The van der Waals surface area contributed by atoms with Gasteiger partial charge in [-0.05, 0) is 6.42 Å². The summed E-state index contributed by atoms with van der Waals surface area (Å²) in [5, 5.41) is 6.00. The minimum absolute atomic E-state index is 0.0446. The van der Waals surface area contributed by atoms with E-state index in [9.17, 15) is 16.8 Å². The average Bonchev–Trinajstić information content (AvgIpc) is 2.85. The van der Waals surface area contributed by atoms with Gasteiger partial charge in [-0.3, -0.25) is 5.10 Å². The summed E-state index contributed by atoms with van der Waals surface area (Å²) in [6.07, 6.45) is 2.82. The third kappa shape index (κ3) is 2.35. The average molecular weight is 279 g/mol. The minimum Gasteiger partial charge on any atom is -0.284 e. The number of hydrogen-bond acceptors (Lipinski definition) is 5. The van der Waals surface area contributed by atoms with Gasteiger partial charge in [0.15, 0.2) is 9.84 Å². The molecule has 1 unspecified atom stereocenters. The van der Waals surface area contributed by atoms with Crippen LogP contribution in [-0.4, -0.2) is 55.9 Å².